The van der Waals surface area contributed by atoms with Crippen LogP contribution >= 0.6 is 11.3 Å². The Kier molecular flexibility index (Phi) is 6.79. The second kappa shape index (κ2) is 9.49. The lowest BCUT2D eigenvalue weighted by Gasteiger charge is -2.30. The zero-order valence-electron chi connectivity index (χ0n) is 17.2. The van der Waals surface area contributed by atoms with Gasteiger partial charge in [-0.3, -0.25) is 0 Å². The minimum absolute atomic E-state index is 0.295. The summed E-state index contributed by atoms with van der Waals surface area (Å²) in [7, 11) is 5.69. The minimum atomic E-state index is -0.741. The fourth-order valence-electron chi connectivity index (χ4n) is 3.36. The third-order valence-electron chi connectivity index (χ3n) is 4.74. The quantitative estimate of drug-likeness (QED) is 0.624. The summed E-state index contributed by atoms with van der Waals surface area (Å²) in [5.41, 5.74) is 1.19. The predicted octanol–water partition coefficient (Wildman–Crippen LogP) is 3.48. The molecule has 1 aromatic carbocycles. The van der Waals surface area contributed by atoms with E-state index in [0.717, 1.165) is 4.88 Å². The number of benzene rings is 1. The van der Waals surface area contributed by atoms with Gasteiger partial charge in [0.05, 0.1) is 52.0 Å². The number of ether oxygens (including phenoxy) is 4. The van der Waals surface area contributed by atoms with Crippen molar-refractivity contribution in [1.82, 2.24) is 4.90 Å². The van der Waals surface area contributed by atoms with E-state index in [2.05, 4.69) is 0 Å². The van der Waals surface area contributed by atoms with Crippen LogP contribution < -0.4 is 9.47 Å². The Balaban J connectivity index is 2.16. The molecule has 0 saturated heterocycles. The molecule has 1 aliphatic rings. The van der Waals surface area contributed by atoms with Crippen molar-refractivity contribution in [2.24, 2.45) is 0 Å². The monoisotopic (exact) mass is 429 g/mol. The van der Waals surface area contributed by atoms with Gasteiger partial charge in [0, 0.05) is 22.8 Å². The summed E-state index contributed by atoms with van der Waals surface area (Å²) in [5, 5.41) is 1.97. The zero-order valence-corrected chi connectivity index (χ0v) is 18.0. The van der Waals surface area contributed by atoms with Gasteiger partial charge in [0.15, 0.2) is 0 Å². The second-order valence-corrected chi connectivity index (χ2v) is 7.48. The molecule has 8 heteroatoms. The van der Waals surface area contributed by atoms with Gasteiger partial charge in [-0.1, -0.05) is 6.07 Å². The number of hydrogen-bond donors (Lipinski definition) is 0. The van der Waals surface area contributed by atoms with Gasteiger partial charge < -0.3 is 23.8 Å². The van der Waals surface area contributed by atoms with E-state index in [-0.39, 0.29) is 0 Å². The van der Waals surface area contributed by atoms with Crippen LogP contribution in [0.1, 0.15) is 16.4 Å². The molecule has 1 aromatic heterocycles. The maximum absolute atomic E-state index is 12.7. The van der Waals surface area contributed by atoms with E-state index in [4.69, 9.17) is 18.9 Å². The molecule has 1 aliphatic heterocycles. The smallest absolute Gasteiger partial charge is 0.336 e. The van der Waals surface area contributed by atoms with Gasteiger partial charge >= 0.3 is 11.9 Å². The van der Waals surface area contributed by atoms with E-state index in [1.165, 1.54) is 21.3 Å². The molecule has 2 aromatic rings. The van der Waals surface area contributed by atoms with E-state index in [0.29, 0.717) is 34.8 Å². The highest BCUT2D eigenvalue weighted by Gasteiger charge is 2.37. The van der Waals surface area contributed by atoms with Gasteiger partial charge in [-0.05, 0) is 29.6 Å². The summed E-state index contributed by atoms with van der Waals surface area (Å²) in [4.78, 5) is 28.3. The van der Waals surface area contributed by atoms with Crippen LogP contribution in [0.2, 0.25) is 0 Å². The summed E-state index contributed by atoms with van der Waals surface area (Å²) in [6, 6.07) is 9.15. The van der Waals surface area contributed by atoms with Gasteiger partial charge in [-0.25, -0.2) is 9.59 Å². The summed E-state index contributed by atoms with van der Waals surface area (Å²) in [6.07, 6.45) is 3.39. The number of carbonyl (C=O) groups is 2. The van der Waals surface area contributed by atoms with E-state index in [9.17, 15) is 9.59 Å². The molecule has 0 fully saturated rings. The molecule has 0 unspecified atom stereocenters. The molecule has 2 heterocycles. The van der Waals surface area contributed by atoms with Crippen molar-refractivity contribution in [2.45, 2.75) is 12.5 Å². The highest BCUT2D eigenvalue weighted by Crippen LogP contribution is 2.42. The number of rotatable bonds is 7. The first-order valence-corrected chi connectivity index (χ1v) is 10.0. The molecular formula is C22H23NO6S. The van der Waals surface area contributed by atoms with Crippen LogP contribution in [0.5, 0.6) is 11.5 Å². The van der Waals surface area contributed by atoms with Crippen LogP contribution in [-0.2, 0) is 25.6 Å². The summed E-state index contributed by atoms with van der Waals surface area (Å²) >= 11 is 1.59. The molecule has 0 N–H and O–H groups in total. The Morgan fingerprint density at radius 2 is 1.63 bits per heavy atom. The lowest BCUT2D eigenvalue weighted by molar-refractivity contribution is -0.137. The van der Waals surface area contributed by atoms with Crippen molar-refractivity contribution in [3.63, 3.8) is 0 Å². The van der Waals surface area contributed by atoms with Crippen LogP contribution in [-0.4, -0.2) is 45.3 Å². The number of esters is 2. The SMILES string of the molecule is COC(=O)C1=CN(Cc2cccs2)C=C(C(=O)OC)C1c1cc(OC)ccc1OC. The van der Waals surface area contributed by atoms with Crippen molar-refractivity contribution >= 4 is 23.3 Å². The summed E-state index contributed by atoms with van der Waals surface area (Å²) < 4.78 is 20.9. The van der Waals surface area contributed by atoms with Crippen LogP contribution in [0.4, 0.5) is 0 Å². The van der Waals surface area contributed by atoms with Gasteiger partial charge in [-0.15, -0.1) is 11.3 Å². The van der Waals surface area contributed by atoms with E-state index in [1.54, 1.807) is 53.9 Å². The molecule has 3 rings (SSSR count). The normalized spacial score (nSPS) is 13.9. The van der Waals surface area contributed by atoms with E-state index >= 15 is 0 Å². The highest BCUT2D eigenvalue weighted by atomic mass is 32.1. The fraction of sp³-hybridized carbons (Fsp3) is 0.273. The van der Waals surface area contributed by atoms with Crippen LogP contribution in [0.25, 0.3) is 0 Å². The summed E-state index contributed by atoms with van der Waals surface area (Å²) in [6.45, 7) is 0.501. The third-order valence-corrected chi connectivity index (χ3v) is 5.60. The van der Waals surface area contributed by atoms with Gasteiger partial charge in [0.25, 0.3) is 0 Å². The molecule has 0 radical (unpaired) electrons. The van der Waals surface area contributed by atoms with Crippen molar-refractivity contribution in [3.05, 3.63) is 69.7 Å². The van der Waals surface area contributed by atoms with E-state index in [1.807, 2.05) is 17.5 Å². The number of nitrogens with zero attached hydrogens (tertiary/aromatic N) is 1. The Morgan fingerprint density at radius 1 is 0.967 bits per heavy atom. The lowest BCUT2D eigenvalue weighted by Crippen LogP contribution is -2.28. The molecule has 158 valence electrons. The third kappa shape index (κ3) is 4.33. The van der Waals surface area contributed by atoms with Crippen LogP contribution in [0, 0.1) is 0 Å². The molecule has 30 heavy (non-hydrogen) atoms. The molecule has 0 amide bonds. The minimum Gasteiger partial charge on any atom is -0.497 e. The molecule has 7 nitrogen and oxygen atoms in total. The molecule has 0 spiro atoms. The van der Waals surface area contributed by atoms with Crippen molar-refractivity contribution in [1.29, 1.82) is 0 Å². The second-order valence-electron chi connectivity index (χ2n) is 6.44. The largest absolute Gasteiger partial charge is 0.497 e. The first-order valence-electron chi connectivity index (χ1n) is 9.12. The molecule has 0 saturated carbocycles. The fourth-order valence-corrected chi connectivity index (χ4v) is 4.07. The van der Waals surface area contributed by atoms with Gasteiger partial charge in [0.2, 0.25) is 0 Å². The Bertz CT molecular complexity index is 946. The maximum Gasteiger partial charge on any atom is 0.336 e. The van der Waals surface area contributed by atoms with Crippen LogP contribution in [0.3, 0.4) is 0 Å². The van der Waals surface area contributed by atoms with Crippen molar-refractivity contribution in [3.8, 4) is 11.5 Å². The topological polar surface area (TPSA) is 74.3 Å². The molecule has 0 atom stereocenters. The van der Waals surface area contributed by atoms with Crippen molar-refractivity contribution in [2.75, 3.05) is 28.4 Å². The van der Waals surface area contributed by atoms with Crippen LogP contribution in [0.15, 0.2) is 59.3 Å². The van der Waals surface area contributed by atoms with Gasteiger partial charge in [-0.2, -0.15) is 0 Å². The number of hydrogen-bond acceptors (Lipinski definition) is 8. The molecular weight excluding hydrogens is 406 g/mol. The number of methoxy groups -OCH3 is 4. The first-order chi connectivity index (χ1) is 14.5. The molecule has 0 bridgehead atoms. The Labute approximate surface area is 179 Å². The Hall–Kier alpha value is -3.26. The van der Waals surface area contributed by atoms with Crippen molar-refractivity contribution < 1.29 is 28.5 Å². The number of carbonyl (C=O) groups excluding carboxylic acids is 2. The van der Waals surface area contributed by atoms with E-state index < -0.39 is 17.9 Å². The summed E-state index contributed by atoms with van der Waals surface area (Å²) in [5.74, 6) is -0.752. The first kappa shape index (κ1) is 21.4. The standard InChI is InChI=1S/C22H23NO6S/c1-26-14-7-8-19(27-2)16(10-14)20-17(21(24)28-3)12-23(11-15-6-5-9-30-15)13-18(20)22(25)29-4/h5-10,12-13,20H,11H2,1-4H3. The Morgan fingerprint density at radius 3 is 2.13 bits per heavy atom. The molecule has 0 aliphatic carbocycles. The number of thiophene rings is 1. The predicted molar refractivity (Wildman–Crippen MR) is 112 cm³/mol. The zero-order chi connectivity index (χ0) is 21.7. The highest BCUT2D eigenvalue weighted by molar-refractivity contribution is 7.09. The maximum atomic E-state index is 12.7. The average Bonchev–Trinajstić information content (AvgIpc) is 3.29. The average molecular weight is 429 g/mol. The van der Waals surface area contributed by atoms with Gasteiger partial charge in [0.1, 0.15) is 11.5 Å². The lowest BCUT2D eigenvalue weighted by atomic mass is 9.82.